The number of carbonyl (C=O) groups is 1. The van der Waals surface area contributed by atoms with Crippen molar-refractivity contribution in [3.63, 3.8) is 0 Å². The molecule has 0 saturated carbocycles. The van der Waals surface area contributed by atoms with Gasteiger partial charge in [-0.3, -0.25) is 0 Å². The minimum absolute atomic E-state index is 0.0957. The molecule has 1 heterocycles. The van der Waals surface area contributed by atoms with Crippen LogP contribution in [0, 0.1) is 0 Å². The van der Waals surface area contributed by atoms with E-state index in [9.17, 15) is 18.0 Å². The van der Waals surface area contributed by atoms with E-state index < -0.39 is 17.7 Å². The van der Waals surface area contributed by atoms with Crippen molar-refractivity contribution < 1.29 is 23.1 Å². The molecule has 3 aromatic rings. The topological polar surface area (TPSA) is 68.0 Å². The van der Waals surface area contributed by atoms with Gasteiger partial charge in [0.2, 0.25) is 0 Å². The molecule has 0 amide bonds. The van der Waals surface area contributed by atoms with E-state index in [4.69, 9.17) is 5.11 Å². The van der Waals surface area contributed by atoms with Gasteiger partial charge < -0.3 is 5.11 Å². The Labute approximate surface area is 134 Å². The van der Waals surface area contributed by atoms with Crippen LogP contribution in [-0.4, -0.2) is 25.8 Å². The predicted molar refractivity (Wildman–Crippen MR) is 78.8 cm³/mol. The standard InChI is InChI=1S/C16H10F3N3O2/c17-16(18,19)12-4-6-13(7-5-12)22-9-20-14(21-22)10-2-1-3-11(8-10)15(23)24/h1-9H,(H,23,24). The number of carboxylic acid groups (broad SMARTS) is 1. The fourth-order valence-corrected chi connectivity index (χ4v) is 2.11. The van der Waals surface area contributed by atoms with Gasteiger partial charge >= 0.3 is 12.1 Å². The Morgan fingerprint density at radius 3 is 2.42 bits per heavy atom. The molecule has 0 aliphatic carbocycles. The van der Waals surface area contributed by atoms with Gasteiger partial charge in [0.15, 0.2) is 5.82 Å². The van der Waals surface area contributed by atoms with Crippen LogP contribution in [-0.2, 0) is 6.18 Å². The maximum atomic E-state index is 12.6. The summed E-state index contributed by atoms with van der Waals surface area (Å²) < 4.78 is 39.0. The van der Waals surface area contributed by atoms with Crippen molar-refractivity contribution >= 4 is 5.97 Å². The van der Waals surface area contributed by atoms with E-state index in [1.165, 1.54) is 35.3 Å². The lowest BCUT2D eigenvalue weighted by Gasteiger charge is -2.07. The molecule has 0 saturated heterocycles. The van der Waals surface area contributed by atoms with Gasteiger partial charge in [-0.25, -0.2) is 14.5 Å². The molecule has 0 radical (unpaired) electrons. The number of alkyl halides is 3. The summed E-state index contributed by atoms with van der Waals surface area (Å²) in [5, 5.41) is 13.2. The zero-order valence-corrected chi connectivity index (χ0v) is 12.0. The lowest BCUT2D eigenvalue weighted by Crippen LogP contribution is -2.05. The highest BCUT2D eigenvalue weighted by atomic mass is 19.4. The maximum Gasteiger partial charge on any atom is 0.416 e. The van der Waals surface area contributed by atoms with Crippen molar-refractivity contribution in [1.82, 2.24) is 14.8 Å². The average Bonchev–Trinajstić information content (AvgIpc) is 3.04. The van der Waals surface area contributed by atoms with Gasteiger partial charge in [-0.05, 0) is 36.4 Å². The summed E-state index contributed by atoms with van der Waals surface area (Å²) in [4.78, 5) is 15.1. The fraction of sp³-hybridized carbons (Fsp3) is 0.0625. The quantitative estimate of drug-likeness (QED) is 0.794. The Hall–Kier alpha value is -3.16. The molecule has 3 rings (SSSR count). The highest BCUT2D eigenvalue weighted by molar-refractivity contribution is 5.89. The first-order valence-electron chi connectivity index (χ1n) is 6.77. The smallest absolute Gasteiger partial charge is 0.416 e. The zero-order valence-electron chi connectivity index (χ0n) is 12.0. The summed E-state index contributed by atoms with van der Waals surface area (Å²) in [5.41, 5.74) is 0.260. The molecule has 0 fully saturated rings. The Morgan fingerprint density at radius 1 is 1.08 bits per heavy atom. The van der Waals surface area contributed by atoms with Crippen LogP contribution in [0.5, 0.6) is 0 Å². The van der Waals surface area contributed by atoms with Crippen LogP contribution in [0.25, 0.3) is 17.1 Å². The number of aromatic nitrogens is 3. The number of benzene rings is 2. The number of rotatable bonds is 3. The van der Waals surface area contributed by atoms with E-state index >= 15 is 0 Å². The molecule has 122 valence electrons. The molecule has 1 N–H and O–H groups in total. The number of carboxylic acids is 1. The third kappa shape index (κ3) is 3.12. The predicted octanol–water partition coefficient (Wildman–Crippen LogP) is 3.65. The summed E-state index contributed by atoms with van der Waals surface area (Å²) in [7, 11) is 0. The van der Waals surface area contributed by atoms with Gasteiger partial charge in [0.25, 0.3) is 0 Å². The van der Waals surface area contributed by atoms with Crippen molar-refractivity contribution in [3.8, 4) is 17.1 Å². The second-order valence-electron chi connectivity index (χ2n) is 4.94. The molecule has 2 aromatic carbocycles. The molecule has 0 aliphatic rings. The second kappa shape index (κ2) is 5.80. The number of hydrogen-bond donors (Lipinski definition) is 1. The summed E-state index contributed by atoms with van der Waals surface area (Å²) in [6.07, 6.45) is -3.05. The van der Waals surface area contributed by atoms with E-state index in [-0.39, 0.29) is 11.4 Å². The third-order valence-electron chi connectivity index (χ3n) is 3.32. The van der Waals surface area contributed by atoms with Gasteiger partial charge in [0.1, 0.15) is 6.33 Å². The van der Waals surface area contributed by atoms with Crippen molar-refractivity contribution in [1.29, 1.82) is 0 Å². The molecule has 8 heteroatoms. The maximum absolute atomic E-state index is 12.6. The van der Waals surface area contributed by atoms with Crippen molar-refractivity contribution in [3.05, 3.63) is 66.0 Å². The van der Waals surface area contributed by atoms with E-state index in [2.05, 4.69) is 10.1 Å². The van der Waals surface area contributed by atoms with Gasteiger partial charge in [0, 0.05) is 5.56 Å². The summed E-state index contributed by atoms with van der Waals surface area (Å²) >= 11 is 0. The Morgan fingerprint density at radius 2 is 1.79 bits per heavy atom. The first-order chi connectivity index (χ1) is 11.3. The molecule has 0 aliphatic heterocycles. The lowest BCUT2D eigenvalue weighted by molar-refractivity contribution is -0.137. The highest BCUT2D eigenvalue weighted by Crippen LogP contribution is 2.29. The Bertz CT molecular complexity index is 886. The van der Waals surface area contributed by atoms with Crippen LogP contribution in [0.1, 0.15) is 15.9 Å². The van der Waals surface area contributed by atoms with Crippen LogP contribution in [0.15, 0.2) is 54.9 Å². The monoisotopic (exact) mass is 333 g/mol. The molecule has 24 heavy (non-hydrogen) atoms. The Balaban J connectivity index is 1.91. The van der Waals surface area contributed by atoms with Crippen molar-refractivity contribution in [2.75, 3.05) is 0 Å². The molecule has 1 aromatic heterocycles. The summed E-state index contributed by atoms with van der Waals surface area (Å²) in [6, 6.07) is 10.6. The largest absolute Gasteiger partial charge is 0.478 e. The van der Waals surface area contributed by atoms with Crippen molar-refractivity contribution in [2.24, 2.45) is 0 Å². The Kier molecular flexibility index (Phi) is 3.80. The molecule has 5 nitrogen and oxygen atoms in total. The molecular formula is C16H10F3N3O2. The van der Waals surface area contributed by atoms with E-state index in [0.29, 0.717) is 11.3 Å². The molecule has 0 unspecified atom stereocenters. The first-order valence-corrected chi connectivity index (χ1v) is 6.77. The molecule has 0 bridgehead atoms. The van der Waals surface area contributed by atoms with E-state index in [0.717, 1.165) is 12.1 Å². The number of halogens is 3. The number of hydrogen-bond acceptors (Lipinski definition) is 3. The van der Waals surface area contributed by atoms with Gasteiger partial charge in [0.05, 0.1) is 16.8 Å². The summed E-state index contributed by atoms with van der Waals surface area (Å²) in [6.45, 7) is 0. The zero-order chi connectivity index (χ0) is 17.3. The average molecular weight is 333 g/mol. The number of aromatic carboxylic acids is 1. The van der Waals surface area contributed by atoms with E-state index in [1.54, 1.807) is 12.1 Å². The number of nitrogens with zero attached hydrogens (tertiary/aromatic N) is 3. The summed E-state index contributed by atoms with van der Waals surface area (Å²) in [5.74, 6) is -0.794. The van der Waals surface area contributed by atoms with Crippen LogP contribution < -0.4 is 0 Å². The van der Waals surface area contributed by atoms with Crippen molar-refractivity contribution in [2.45, 2.75) is 6.18 Å². The van der Waals surface area contributed by atoms with Crippen LogP contribution in [0.2, 0.25) is 0 Å². The molecular weight excluding hydrogens is 323 g/mol. The normalized spacial score (nSPS) is 11.5. The van der Waals surface area contributed by atoms with E-state index in [1.807, 2.05) is 0 Å². The second-order valence-corrected chi connectivity index (χ2v) is 4.94. The van der Waals surface area contributed by atoms with Gasteiger partial charge in [-0.15, -0.1) is 5.10 Å². The molecule has 0 spiro atoms. The van der Waals surface area contributed by atoms with Crippen LogP contribution in [0.3, 0.4) is 0 Å². The third-order valence-corrected chi connectivity index (χ3v) is 3.32. The van der Waals surface area contributed by atoms with Gasteiger partial charge in [-0.2, -0.15) is 13.2 Å². The highest BCUT2D eigenvalue weighted by Gasteiger charge is 2.30. The first kappa shape index (κ1) is 15.7. The minimum Gasteiger partial charge on any atom is -0.478 e. The minimum atomic E-state index is -4.40. The lowest BCUT2D eigenvalue weighted by atomic mass is 10.1. The SMILES string of the molecule is O=C(O)c1cccc(-c2ncn(-c3ccc(C(F)(F)F)cc3)n2)c1. The van der Waals surface area contributed by atoms with Crippen LogP contribution >= 0.6 is 0 Å². The fourth-order valence-electron chi connectivity index (χ4n) is 2.11. The van der Waals surface area contributed by atoms with Crippen LogP contribution in [0.4, 0.5) is 13.2 Å². The van der Waals surface area contributed by atoms with Gasteiger partial charge in [-0.1, -0.05) is 12.1 Å². The molecule has 0 atom stereocenters.